The number of benzene rings is 2. The number of carbonyl (C=O) groups is 1. The van der Waals surface area contributed by atoms with Gasteiger partial charge in [-0.05, 0) is 75.2 Å². The van der Waals surface area contributed by atoms with E-state index in [9.17, 15) is 4.79 Å². The molecule has 0 aliphatic heterocycles. The van der Waals surface area contributed by atoms with Crippen LogP contribution < -0.4 is 9.47 Å². The van der Waals surface area contributed by atoms with Gasteiger partial charge in [0.1, 0.15) is 11.5 Å². The van der Waals surface area contributed by atoms with Gasteiger partial charge in [-0.2, -0.15) is 0 Å². The lowest BCUT2D eigenvalue weighted by atomic mass is 10.2. The fourth-order valence-electron chi connectivity index (χ4n) is 1.62. The van der Waals surface area contributed by atoms with Crippen molar-refractivity contribution in [3.63, 3.8) is 0 Å². The predicted molar refractivity (Wildman–Crippen MR) is 89.4 cm³/mol. The highest BCUT2D eigenvalue weighted by Crippen LogP contribution is 2.30. The molecule has 21 heavy (non-hydrogen) atoms. The van der Waals surface area contributed by atoms with E-state index in [-0.39, 0.29) is 0 Å². The van der Waals surface area contributed by atoms with E-state index in [4.69, 9.17) is 21.1 Å². The number of halogens is 3. The molecular weight excluding hydrogens is 423 g/mol. The Bertz CT molecular complexity index is 674. The first-order chi connectivity index (χ1) is 10.0. The molecule has 0 heterocycles. The number of rotatable bonds is 4. The van der Waals surface area contributed by atoms with Crippen LogP contribution in [0.3, 0.4) is 0 Å². The molecular formula is C15H11Br2ClO3. The van der Waals surface area contributed by atoms with Crippen molar-refractivity contribution in [2.75, 3.05) is 6.61 Å². The summed E-state index contributed by atoms with van der Waals surface area (Å²) in [6.45, 7) is 2.45. The minimum atomic E-state index is -0.457. The van der Waals surface area contributed by atoms with E-state index in [1.165, 1.54) is 0 Å². The van der Waals surface area contributed by atoms with Crippen molar-refractivity contribution in [3.05, 3.63) is 55.9 Å². The third kappa shape index (κ3) is 4.22. The average molecular weight is 435 g/mol. The van der Waals surface area contributed by atoms with Crippen LogP contribution in [0.4, 0.5) is 0 Å². The second-order valence-electron chi connectivity index (χ2n) is 4.04. The van der Waals surface area contributed by atoms with Gasteiger partial charge in [0.2, 0.25) is 0 Å². The van der Waals surface area contributed by atoms with Gasteiger partial charge in [-0.1, -0.05) is 11.6 Å². The molecule has 0 bridgehead atoms. The van der Waals surface area contributed by atoms with Crippen molar-refractivity contribution in [3.8, 4) is 11.5 Å². The fraction of sp³-hybridized carbons (Fsp3) is 0.133. The predicted octanol–water partition coefficient (Wildman–Crippen LogP) is 5.48. The number of hydrogen-bond donors (Lipinski definition) is 0. The molecule has 110 valence electrons. The van der Waals surface area contributed by atoms with E-state index in [0.717, 1.165) is 0 Å². The summed E-state index contributed by atoms with van der Waals surface area (Å²) in [4.78, 5) is 12.1. The summed E-state index contributed by atoms with van der Waals surface area (Å²) in [6.07, 6.45) is 0. The lowest BCUT2D eigenvalue weighted by molar-refractivity contribution is 0.0733. The van der Waals surface area contributed by atoms with Gasteiger partial charge in [0.05, 0.1) is 21.1 Å². The Kier molecular flexibility index (Phi) is 5.67. The van der Waals surface area contributed by atoms with E-state index in [0.29, 0.717) is 37.6 Å². The lowest BCUT2D eigenvalue weighted by Gasteiger charge is -2.09. The van der Waals surface area contributed by atoms with Crippen LogP contribution in [0.15, 0.2) is 45.3 Å². The van der Waals surface area contributed by atoms with Gasteiger partial charge in [-0.25, -0.2) is 4.79 Å². The monoisotopic (exact) mass is 432 g/mol. The molecule has 0 radical (unpaired) electrons. The Labute approximate surface area is 144 Å². The molecule has 2 aromatic carbocycles. The molecule has 0 amide bonds. The lowest BCUT2D eigenvalue weighted by Crippen LogP contribution is -2.09. The highest BCUT2D eigenvalue weighted by molar-refractivity contribution is 9.10. The van der Waals surface area contributed by atoms with Crippen LogP contribution in [0, 0.1) is 0 Å². The van der Waals surface area contributed by atoms with Crippen molar-refractivity contribution < 1.29 is 14.3 Å². The van der Waals surface area contributed by atoms with E-state index in [2.05, 4.69) is 31.9 Å². The third-order valence-corrected chi connectivity index (χ3v) is 4.04. The first-order valence-corrected chi connectivity index (χ1v) is 8.07. The van der Waals surface area contributed by atoms with Gasteiger partial charge in [0.25, 0.3) is 0 Å². The summed E-state index contributed by atoms with van der Waals surface area (Å²) in [7, 11) is 0. The largest absolute Gasteiger partial charge is 0.493 e. The molecule has 0 aromatic heterocycles. The highest BCUT2D eigenvalue weighted by atomic mass is 79.9. The summed E-state index contributed by atoms with van der Waals surface area (Å²) in [5.74, 6) is 0.637. The molecule has 0 saturated carbocycles. The number of esters is 1. The van der Waals surface area contributed by atoms with Crippen molar-refractivity contribution in [2.45, 2.75) is 6.92 Å². The van der Waals surface area contributed by atoms with Crippen LogP contribution in [0.25, 0.3) is 0 Å². The van der Waals surface area contributed by atoms with Crippen molar-refractivity contribution in [2.24, 2.45) is 0 Å². The summed E-state index contributed by atoms with van der Waals surface area (Å²) in [5, 5.41) is 0.561. The normalized spacial score (nSPS) is 10.3. The van der Waals surface area contributed by atoms with E-state index < -0.39 is 5.97 Å². The maximum absolute atomic E-state index is 12.1. The Balaban J connectivity index is 2.18. The maximum atomic E-state index is 12.1. The van der Waals surface area contributed by atoms with Crippen molar-refractivity contribution in [1.82, 2.24) is 0 Å². The first kappa shape index (κ1) is 16.3. The van der Waals surface area contributed by atoms with Crippen LogP contribution >= 0.6 is 43.5 Å². The zero-order chi connectivity index (χ0) is 15.4. The van der Waals surface area contributed by atoms with Gasteiger partial charge < -0.3 is 9.47 Å². The van der Waals surface area contributed by atoms with Crippen molar-refractivity contribution in [1.29, 1.82) is 0 Å². The molecule has 2 aromatic rings. The molecule has 6 heteroatoms. The van der Waals surface area contributed by atoms with Crippen LogP contribution in [0.1, 0.15) is 17.3 Å². The Morgan fingerprint density at radius 1 is 1.10 bits per heavy atom. The van der Waals surface area contributed by atoms with Crippen LogP contribution in [-0.2, 0) is 0 Å². The van der Waals surface area contributed by atoms with Crippen LogP contribution in [0.5, 0.6) is 11.5 Å². The molecule has 0 spiro atoms. The fourth-order valence-corrected chi connectivity index (χ4v) is 2.87. The number of ether oxygens (including phenoxy) is 2. The molecule has 0 aliphatic rings. The maximum Gasteiger partial charge on any atom is 0.343 e. The second-order valence-corrected chi connectivity index (χ2v) is 6.19. The zero-order valence-electron chi connectivity index (χ0n) is 11.0. The van der Waals surface area contributed by atoms with Gasteiger partial charge in [0, 0.05) is 5.02 Å². The highest BCUT2D eigenvalue weighted by Gasteiger charge is 2.13. The van der Waals surface area contributed by atoms with E-state index >= 15 is 0 Å². The Hall–Kier alpha value is -1.04. The standard InChI is InChI=1S/C15H11Br2ClO3/c1-2-20-13-5-3-9(7-11(13)16)15(19)21-14-6-4-10(18)8-12(14)17/h3-8H,2H2,1H3. The topological polar surface area (TPSA) is 35.5 Å². The van der Waals surface area contributed by atoms with Crippen LogP contribution in [-0.4, -0.2) is 12.6 Å². The Morgan fingerprint density at radius 2 is 1.76 bits per heavy atom. The van der Waals surface area contributed by atoms with Crippen LogP contribution in [0.2, 0.25) is 5.02 Å². The third-order valence-electron chi connectivity index (χ3n) is 2.56. The second kappa shape index (κ2) is 7.29. The molecule has 3 nitrogen and oxygen atoms in total. The number of hydrogen-bond acceptors (Lipinski definition) is 3. The molecule has 0 saturated heterocycles. The summed E-state index contributed by atoms with van der Waals surface area (Å²) < 4.78 is 12.1. The Morgan fingerprint density at radius 3 is 2.38 bits per heavy atom. The molecule has 0 fully saturated rings. The molecule has 0 atom stereocenters. The van der Waals surface area contributed by atoms with Gasteiger partial charge in [-0.15, -0.1) is 0 Å². The summed E-state index contributed by atoms with van der Waals surface area (Å²) in [5.41, 5.74) is 0.423. The molecule has 0 N–H and O–H groups in total. The summed E-state index contributed by atoms with van der Waals surface area (Å²) >= 11 is 12.5. The number of carbonyl (C=O) groups excluding carboxylic acids is 1. The zero-order valence-corrected chi connectivity index (χ0v) is 15.0. The first-order valence-electron chi connectivity index (χ1n) is 6.11. The van der Waals surface area contributed by atoms with E-state index in [1.807, 2.05) is 6.92 Å². The minimum Gasteiger partial charge on any atom is -0.493 e. The minimum absolute atomic E-state index is 0.411. The van der Waals surface area contributed by atoms with Gasteiger partial charge in [0.15, 0.2) is 0 Å². The van der Waals surface area contributed by atoms with Gasteiger partial charge in [-0.3, -0.25) is 0 Å². The molecule has 0 aliphatic carbocycles. The quantitative estimate of drug-likeness (QED) is 0.472. The van der Waals surface area contributed by atoms with E-state index in [1.54, 1.807) is 36.4 Å². The summed E-state index contributed by atoms with van der Waals surface area (Å²) in [6, 6.07) is 10.00. The smallest absolute Gasteiger partial charge is 0.343 e. The average Bonchev–Trinajstić information content (AvgIpc) is 2.44. The SMILES string of the molecule is CCOc1ccc(C(=O)Oc2ccc(Cl)cc2Br)cc1Br. The van der Waals surface area contributed by atoms with Gasteiger partial charge >= 0.3 is 5.97 Å². The molecule has 0 unspecified atom stereocenters. The van der Waals surface area contributed by atoms with Crippen molar-refractivity contribution >= 4 is 49.4 Å². The molecule has 2 rings (SSSR count).